The second kappa shape index (κ2) is 6.06. The van der Waals surface area contributed by atoms with Gasteiger partial charge in [-0.3, -0.25) is 9.78 Å². The number of hydrogen-bond acceptors (Lipinski definition) is 5. The van der Waals surface area contributed by atoms with E-state index in [9.17, 15) is 4.79 Å². The number of anilines is 2. The average Bonchev–Trinajstić information content (AvgIpc) is 2.31. The number of carbonyl (C=O) groups is 1. The molecule has 0 bridgehead atoms. The lowest BCUT2D eigenvalue weighted by Crippen LogP contribution is -2.15. The van der Waals surface area contributed by atoms with E-state index in [4.69, 9.17) is 17.2 Å². The number of amides is 1. The monoisotopic (exact) mass is 231 g/mol. The molecular formula is C11H13N5O. The summed E-state index contributed by atoms with van der Waals surface area (Å²) in [5.41, 5.74) is 16.7. The quantitative estimate of drug-likeness (QED) is 0.657. The van der Waals surface area contributed by atoms with Gasteiger partial charge in [0.25, 0.3) is 5.91 Å². The van der Waals surface area contributed by atoms with Crippen LogP contribution in [-0.4, -0.2) is 15.9 Å². The number of primary amides is 1. The molecule has 0 atom stereocenters. The van der Waals surface area contributed by atoms with E-state index in [1.807, 2.05) is 0 Å². The molecule has 0 unspecified atom stereocenters. The number of hydrogen-bond donors (Lipinski definition) is 3. The summed E-state index contributed by atoms with van der Waals surface area (Å²) in [6.45, 7) is 0. The van der Waals surface area contributed by atoms with Crippen molar-refractivity contribution in [3.63, 3.8) is 0 Å². The topological polar surface area (TPSA) is 121 Å². The third-order valence-corrected chi connectivity index (χ3v) is 1.76. The number of nitrogen functional groups attached to an aromatic ring is 2. The maximum Gasteiger partial charge on any atom is 0.269 e. The SMILES string of the molecule is NC(=O)c1ncccc1N.Nc1cccnc1. The Labute approximate surface area is 98.5 Å². The fourth-order valence-corrected chi connectivity index (χ4v) is 1.000. The summed E-state index contributed by atoms with van der Waals surface area (Å²) in [7, 11) is 0. The van der Waals surface area contributed by atoms with Gasteiger partial charge in [0, 0.05) is 18.6 Å². The molecule has 0 aliphatic heterocycles. The molecule has 0 aromatic carbocycles. The highest BCUT2D eigenvalue weighted by molar-refractivity contribution is 5.95. The molecule has 6 N–H and O–H groups in total. The molecule has 17 heavy (non-hydrogen) atoms. The number of nitrogens with zero attached hydrogens (tertiary/aromatic N) is 2. The second-order valence-corrected chi connectivity index (χ2v) is 3.09. The van der Waals surface area contributed by atoms with Crippen LogP contribution in [0, 0.1) is 0 Å². The van der Waals surface area contributed by atoms with E-state index in [1.54, 1.807) is 36.7 Å². The lowest BCUT2D eigenvalue weighted by atomic mass is 10.3. The molecule has 1 amide bonds. The molecular weight excluding hydrogens is 218 g/mol. The Bertz CT molecular complexity index is 486. The first-order chi connectivity index (χ1) is 8.11. The highest BCUT2D eigenvalue weighted by Crippen LogP contribution is 2.04. The normalized spacial score (nSPS) is 8.94. The Morgan fingerprint density at radius 3 is 2.18 bits per heavy atom. The van der Waals surface area contributed by atoms with Gasteiger partial charge in [0.2, 0.25) is 0 Å². The molecule has 2 heterocycles. The maximum atomic E-state index is 10.5. The Morgan fingerprint density at radius 1 is 1.12 bits per heavy atom. The minimum atomic E-state index is -0.599. The predicted molar refractivity (Wildman–Crippen MR) is 65.8 cm³/mol. The van der Waals surface area contributed by atoms with Crippen molar-refractivity contribution in [3.05, 3.63) is 48.5 Å². The Kier molecular flexibility index (Phi) is 4.44. The van der Waals surface area contributed by atoms with Crippen LogP contribution < -0.4 is 17.2 Å². The van der Waals surface area contributed by atoms with Crippen molar-refractivity contribution in [1.82, 2.24) is 9.97 Å². The molecule has 2 rings (SSSR count). The number of nitrogens with two attached hydrogens (primary N) is 3. The van der Waals surface area contributed by atoms with Crippen LogP contribution in [0.25, 0.3) is 0 Å². The van der Waals surface area contributed by atoms with Gasteiger partial charge in [-0.2, -0.15) is 0 Å². The van der Waals surface area contributed by atoms with E-state index in [-0.39, 0.29) is 5.69 Å². The maximum absolute atomic E-state index is 10.5. The number of pyridine rings is 2. The Hall–Kier alpha value is -2.63. The van der Waals surface area contributed by atoms with Gasteiger partial charge in [-0.1, -0.05) is 0 Å². The van der Waals surface area contributed by atoms with Crippen molar-refractivity contribution in [1.29, 1.82) is 0 Å². The van der Waals surface area contributed by atoms with Crippen LogP contribution in [0.5, 0.6) is 0 Å². The number of carbonyl (C=O) groups excluding carboxylic acids is 1. The van der Waals surface area contributed by atoms with Crippen LogP contribution >= 0.6 is 0 Å². The van der Waals surface area contributed by atoms with Gasteiger partial charge in [-0.25, -0.2) is 4.98 Å². The molecule has 6 heteroatoms. The van der Waals surface area contributed by atoms with Gasteiger partial charge >= 0.3 is 0 Å². The van der Waals surface area contributed by atoms with Gasteiger partial charge in [-0.15, -0.1) is 0 Å². The second-order valence-electron chi connectivity index (χ2n) is 3.09. The Balaban J connectivity index is 0.000000181. The summed E-state index contributed by atoms with van der Waals surface area (Å²) in [6, 6.07) is 6.82. The summed E-state index contributed by atoms with van der Waals surface area (Å²) < 4.78 is 0. The van der Waals surface area contributed by atoms with Gasteiger partial charge in [0.1, 0.15) is 0 Å². The summed E-state index contributed by atoms with van der Waals surface area (Å²) in [6.07, 6.45) is 4.77. The minimum Gasteiger partial charge on any atom is -0.397 e. The van der Waals surface area contributed by atoms with Crippen molar-refractivity contribution in [3.8, 4) is 0 Å². The summed E-state index contributed by atoms with van der Waals surface area (Å²) in [5, 5.41) is 0. The molecule has 6 nitrogen and oxygen atoms in total. The third kappa shape index (κ3) is 4.17. The van der Waals surface area contributed by atoms with E-state index in [0.717, 1.165) is 0 Å². The molecule has 0 fully saturated rings. The zero-order chi connectivity index (χ0) is 12.7. The summed E-state index contributed by atoms with van der Waals surface area (Å²) in [4.78, 5) is 17.9. The van der Waals surface area contributed by atoms with E-state index in [0.29, 0.717) is 11.4 Å². The van der Waals surface area contributed by atoms with Crippen molar-refractivity contribution >= 4 is 17.3 Å². The molecule has 0 spiro atoms. The average molecular weight is 231 g/mol. The van der Waals surface area contributed by atoms with Crippen LogP contribution in [0.3, 0.4) is 0 Å². The molecule has 0 saturated carbocycles. The minimum absolute atomic E-state index is 0.127. The lowest BCUT2D eigenvalue weighted by molar-refractivity contribution is 0.0996. The molecule has 0 saturated heterocycles. The molecule has 0 aliphatic rings. The standard InChI is InChI=1S/C6H7N3O.C5H6N2/c7-4-2-1-3-9-5(4)6(8)10;6-5-2-1-3-7-4-5/h1-3H,7H2,(H2,8,10);1-4H,6H2. The molecule has 0 aliphatic carbocycles. The molecule has 2 aromatic rings. The number of rotatable bonds is 1. The number of aromatic nitrogens is 2. The highest BCUT2D eigenvalue weighted by atomic mass is 16.1. The largest absolute Gasteiger partial charge is 0.397 e. The first kappa shape index (κ1) is 12.4. The third-order valence-electron chi connectivity index (χ3n) is 1.76. The van der Waals surface area contributed by atoms with Crippen LogP contribution in [-0.2, 0) is 0 Å². The van der Waals surface area contributed by atoms with Crippen LogP contribution in [0.4, 0.5) is 11.4 Å². The van der Waals surface area contributed by atoms with Gasteiger partial charge in [0.05, 0.1) is 11.4 Å². The lowest BCUT2D eigenvalue weighted by Gasteiger charge is -1.96. The zero-order valence-electron chi connectivity index (χ0n) is 9.08. The van der Waals surface area contributed by atoms with Crippen LogP contribution in [0.1, 0.15) is 10.5 Å². The van der Waals surface area contributed by atoms with Gasteiger partial charge < -0.3 is 17.2 Å². The molecule has 2 aromatic heterocycles. The fourth-order valence-electron chi connectivity index (χ4n) is 1.000. The molecule has 88 valence electrons. The Morgan fingerprint density at radius 2 is 1.82 bits per heavy atom. The predicted octanol–water partition coefficient (Wildman–Crippen LogP) is 0.426. The first-order valence-corrected chi connectivity index (χ1v) is 4.77. The summed E-state index contributed by atoms with van der Waals surface area (Å²) >= 11 is 0. The van der Waals surface area contributed by atoms with Crippen molar-refractivity contribution in [2.45, 2.75) is 0 Å². The first-order valence-electron chi connectivity index (χ1n) is 4.77. The van der Waals surface area contributed by atoms with E-state index < -0.39 is 5.91 Å². The van der Waals surface area contributed by atoms with Crippen LogP contribution in [0.15, 0.2) is 42.9 Å². The van der Waals surface area contributed by atoms with E-state index >= 15 is 0 Å². The van der Waals surface area contributed by atoms with Crippen LogP contribution in [0.2, 0.25) is 0 Å². The van der Waals surface area contributed by atoms with E-state index in [2.05, 4.69) is 9.97 Å². The van der Waals surface area contributed by atoms with Gasteiger partial charge in [-0.05, 0) is 24.3 Å². The highest BCUT2D eigenvalue weighted by Gasteiger charge is 2.03. The van der Waals surface area contributed by atoms with Crippen molar-refractivity contribution in [2.75, 3.05) is 11.5 Å². The fraction of sp³-hybridized carbons (Fsp3) is 0. The van der Waals surface area contributed by atoms with Crippen molar-refractivity contribution < 1.29 is 4.79 Å². The van der Waals surface area contributed by atoms with Gasteiger partial charge in [0.15, 0.2) is 5.69 Å². The smallest absolute Gasteiger partial charge is 0.269 e. The van der Waals surface area contributed by atoms with Crippen molar-refractivity contribution in [2.24, 2.45) is 5.73 Å². The zero-order valence-corrected chi connectivity index (χ0v) is 9.08. The van der Waals surface area contributed by atoms with E-state index in [1.165, 1.54) is 6.20 Å². The summed E-state index contributed by atoms with van der Waals surface area (Å²) in [5.74, 6) is -0.599. The molecule has 0 radical (unpaired) electrons.